The highest BCUT2D eigenvalue weighted by Gasteiger charge is 2.36. The molecule has 2 N–H and O–H groups in total. The molecule has 0 aliphatic carbocycles. The minimum absolute atomic E-state index is 0.138. The summed E-state index contributed by atoms with van der Waals surface area (Å²) in [6.45, 7) is 6.57. The molecule has 24 heavy (non-hydrogen) atoms. The summed E-state index contributed by atoms with van der Waals surface area (Å²) in [5, 5.41) is 5.63. The molecule has 2 aliphatic heterocycles. The molecule has 0 unspecified atom stereocenters. The summed E-state index contributed by atoms with van der Waals surface area (Å²) >= 11 is 0. The maximum absolute atomic E-state index is 12.7. The maximum Gasteiger partial charge on any atom is 0.410 e. The highest BCUT2D eigenvalue weighted by Crippen LogP contribution is 2.21. The van der Waals surface area contributed by atoms with Gasteiger partial charge in [0.1, 0.15) is 17.7 Å². The van der Waals surface area contributed by atoms with Crippen molar-refractivity contribution in [1.29, 1.82) is 0 Å². The fraction of sp³-hybridized carbons (Fsp3) is 0.824. The van der Waals surface area contributed by atoms with Crippen LogP contribution in [-0.4, -0.2) is 53.6 Å². The highest BCUT2D eigenvalue weighted by atomic mass is 16.6. The summed E-state index contributed by atoms with van der Waals surface area (Å²) in [5.41, 5.74) is -0.600. The molecule has 0 radical (unpaired) electrons. The Balaban J connectivity index is 2.01. The van der Waals surface area contributed by atoms with Gasteiger partial charge in [-0.05, 0) is 59.3 Å². The Morgan fingerprint density at radius 1 is 1.17 bits per heavy atom. The number of amides is 3. The van der Waals surface area contributed by atoms with Crippen molar-refractivity contribution in [3.63, 3.8) is 0 Å². The van der Waals surface area contributed by atoms with Crippen LogP contribution in [0.3, 0.4) is 0 Å². The van der Waals surface area contributed by atoms with Crippen LogP contribution < -0.4 is 10.6 Å². The van der Waals surface area contributed by atoms with Crippen molar-refractivity contribution in [2.24, 2.45) is 0 Å². The second-order valence-corrected chi connectivity index (χ2v) is 7.53. The van der Waals surface area contributed by atoms with E-state index in [9.17, 15) is 14.4 Å². The van der Waals surface area contributed by atoms with Crippen molar-refractivity contribution in [3.05, 3.63) is 0 Å². The first-order valence-electron chi connectivity index (χ1n) is 8.85. The van der Waals surface area contributed by atoms with Gasteiger partial charge >= 0.3 is 6.09 Å². The lowest BCUT2D eigenvalue weighted by atomic mass is 10.0. The molecule has 2 rings (SSSR count). The van der Waals surface area contributed by atoms with E-state index in [1.54, 1.807) is 20.8 Å². The Hall–Kier alpha value is -1.79. The van der Waals surface area contributed by atoms with Crippen molar-refractivity contribution >= 4 is 17.9 Å². The van der Waals surface area contributed by atoms with Gasteiger partial charge in [-0.15, -0.1) is 0 Å². The molecule has 0 aromatic heterocycles. The quantitative estimate of drug-likeness (QED) is 0.799. The van der Waals surface area contributed by atoms with E-state index in [1.807, 2.05) is 0 Å². The molecule has 0 bridgehead atoms. The fourth-order valence-electron chi connectivity index (χ4n) is 3.09. The number of piperidine rings is 1. The number of likely N-dealkylation sites (tertiary alicyclic amines) is 1. The molecule has 0 saturated carbocycles. The second-order valence-electron chi connectivity index (χ2n) is 7.53. The van der Waals surface area contributed by atoms with Crippen molar-refractivity contribution in [2.45, 2.75) is 77.0 Å². The van der Waals surface area contributed by atoms with Crippen LogP contribution in [-0.2, 0) is 14.3 Å². The molecule has 2 saturated heterocycles. The molecule has 7 heteroatoms. The molecular weight excluding hydrogens is 310 g/mol. The van der Waals surface area contributed by atoms with Gasteiger partial charge in [-0.2, -0.15) is 0 Å². The van der Waals surface area contributed by atoms with Gasteiger partial charge in [-0.3, -0.25) is 14.5 Å². The minimum Gasteiger partial charge on any atom is -0.444 e. The van der Waals surface area contributed by atoms with Gasteiger partial charge in [-0.1, -0.05) is 0 Å². The van der Waals surface area contributed by atoms with Crippen LogP contribution in [0.2, 0.25) is 0 Å². The Labute approximate surface area is 143 Å². The van der Waals surface area contributed by atoms with Crippen LogP contribution in [0.25, 0.3) is 0 Å². The molecule has 136 valence electrons. The number of carbonyl (C=O) groups excluding carboxylic acids is 3. The number of carbonyl (C=O) groups is 3. The van der Waals surface area contributed by atoms with Crippen LogP contribution >= 0.6 is 0 Å². The van der Waals surface area contributed by atoms with E-state index in [2.05, 4.69) is 10.6 Å². The fourth-order valence-corrected chi connectivity index (χ4v) is 3.09. The number of ether oxygens (including phenoxy) is 1. The first kappa shape index (κ1) is 18.5. The SMILES string of the molecule is CC(C)(C)OC(=O)N1CCCC[C@H]1C(=O)N[C@@H]1CCCCNC1=O. The zero-order chi connectivity index (χ0) is 17.7. The van der Waals surface area contributed by atoms with Crippen molar-refractivity contribution in [2.75, 3.05) is 13.1 Å². The molecule has 3 amide bonds. The Bertz CT molecular complexity index is 487. The summed E-state index contributed by atoms with van der Waals surface area (Å²) in [5.74, 6) is -0.400. The van der Waals surface area contributed by atoms with E-state index in [-0.39, 0.29) is 11.8 Å². The lowest BCUT2D eigenvalue weighted by molar-refractivity contribution is -0.132. The van der Waals surface area contributed by atoms with Gasteiger partial charge in [0.15, 0.2) is 0 Å². The van der Waals surface area contributed by atoms with E-state index in [0.29, 0.717) is 25.9 Å². The third-order valence-corrected chi connectivity index (χ3v) is 4.29. The standard InChI is InChI=1S/C17H29N3O4/c1-17(2,3)24-16(23)20-11-7-5-9-13(20)15(22)19-12-8-4-6-10-18-14(12)21/h12-13H,4-11H2,1-3H3,(H,18,21)(H,19,22)/t12-,13+/m1/s1. The van der Waals surface area contributed by atoms with Crippen molar-refractivity contribution in [3.8, 4) is 0 Å². The normalized spacial score (nSPS) is 25.5. The largest absolute Gasteiger partial charge is 0.444 e. The summed E-state index contributed by atoms with van der Waals surface area (Å²) in [7, 11) is 0. The molecule has 2 atom stereocenters. The number of hydrogen-bond acceptors (Lipinski definition) is 4. The Morgan fingerprint density at radius 3 is 2.58 bits per heavy atom. The smallest absolute Gasteiger partial charge is 0.410 e. The van der Waals surface area contributed by atoms with Crippen molar-refractivity contribution in [1.82, 2.24) is 15.5 Å². The number of hydrogen-bond donors (Lipinski definition) is 2. The van der Waals surface area contributed by atoms with Crippen LogP contribution in [0.1, 0.15) is 59.3 Å². The predicted octanol–water partition coefficient (Wildman–Crippen LogP) is 1.56. The van der Waals surface area contributed by atoms with Gasteiger partial charge < -0.3 is 15.4 Å². The number of rotatable bonds is 2. The predicted molar refractivity (Wildman–Crippen MR) is 89.4 cm³/mol. The van der Waals surface area contributed by atoms with E-state index >= 15 is 0 Å². The van der Waals surface area contributed by atoms with E-state index in [1.165, 1.54) is 4.90 Å². The third-order valence-electron chi connectivity index (χ3n) is 4.29. The Kier molecular flexibility index (Phi) is 6.07. The number of nitrogens with one attached hydrogen (secondary N) is 2. The van der Waals surface area contributed by atoms with Gasteiger partial charge in [-0.25, -0.2) is 4.79 Å². The number of nitrogens with zero attached hydrogens (tertiary/aromatic N) is 1. The highest BCUT2D eigenvalue weighted by molar-refractivity contribution is 5.91. The molecule has 0 spiro atoms. The first-order valence-corrected chi connectivity index (χ1v) is 8.85. The summed E-state index contributed by atoms with van der Waals surface area (Å²) in [6, 6.07) is -1.08. The zero-order valence-corrected chi connectivity index (χ0v) is 14.9. The summed E-state index contributed by atoms with van der Waals surface area (Å²) in [4.78, 5) is 38.6. The molecule has 7 nitrogen and oxygen atoms in total. The van der Waals surface area contributed by atoms with Gasteiger partial charge in [0, 0.05) is 13.1 Å². The lowest BCUT2D eigenvalue weighted by Gasteiger charge is -2.36. The molecule has 2 heterocycles. The summed E-state index contributed by atoms with van der Waals surface area (Å²) in [6.07, 6.45) is 4.32. The monoisotopic (exact) mass is 339 g/mol. The minimum atomic E-state index is -0.600. The average Bonchev–Trinajstić information content (AvgIpc) is 2.70. The molecule has 2 aliphatic rings. The molecule has 0 aromatic rings. The zero-order valence-electron chi connectivity index (χ0n) is 14.9. The van der Waals surface area contributed by atoms with E-state index in [0.717, 1.165) is 25.7 Å². The topological polar surface area (TPSA) is 87.7 Å². The lowest BCUT2D eigenvalue weighted by Crippen LogP contribution is -2.56. The Morgan fingerprint density at radius 2 is 1.88 bits per heavy atom. The van der Waals surface area contributed by atoms with Crippen molar-refractivity contribution < 1.29 is 19.1 Å². The van der Waals surface area contributed by atoms with Gasteiger partial charge in [0.05, 0.1) is 0 Å². The van der Waals surface area contributed by atoms with E-state index < -0.39 is 23.8 Å². The van der Waals surface area contributed by atoms with Crippen LogP contribution in [0.15, 0.2) is 0 Å². The van der Waals surface area contributed by atoms with Crippen LogP contribution in [0.5, 0.6) is 0 Å². The maximum atomic E-state index is 12.7. The second kappa shape index (κ2) is 7.85. The van der Waals surface area contributed by atoms with E-state index in [4.69, 9.17) is 4.74 Å². The molecule has 0 aromatic carbocycles. The van der Waals surface area contributed by atoms with Crippen LogP contribution in [0.4, 0.5) is 4.79 Å². The first-order chi connectivity index (χ1) is 11.3. The van der Waals surface area contributed by atoms with Gasteiger partial charge in [0.25, 0.3) is 0 Å². The average molecular weight is 339 g/mol. The third kappa shape index (κ3) is 5.11. The van der Waals surface area contributed by atoms with Crippen LogP contribution in [0, 0.1) is 0 Å². The van der Waals surface area contributed by atoms with Gasteiger partial charge in [0.2, 0.25) is 11.8 Å². The molecular formula is C17H29N3O4. The summed E-state index contributed by atoms with van der Waals surface area (Å²) < 4.78 is 5.42. The molecule has 2 fully saturated rings.